The Morgan fingerprint density at radius 1 is 0.933 bits per heavy atom. The number of amides is 3. The maximum Gasteiger partial charge on any atom is 0.315 e. The Morgan fingerprint density at radius 3 is 2.40 bits per heavy atom. The van der Waals surface area contributed by atoms with Crippen molar-refractivity contribution in [3.8, 4) is 11.5 Å². The molecule has 1 aliphatic heterocycles. The molecule has 7 nitrogen and oxygen atoms in total. The third-order valence-electron chi connectivity index (χ3n) is 5.40. The van der Waals surface area contributed by atoms with Gasteiger partial charge in [0.15, 0.2) is 11.5 Å². The van der Waals surface area contributed by atoms with E-state index in [1.165, 1.54) is 12.1 Å². The first-order valence-corrected chi connectivity index (χ1v) is 10.1. The lowest BCUT2D eigenvalue weighted by Gasteiger charge is -2.32. The van der Waals surface area contributed by atoms with Gasteiger partial charge in [0.1, 0.15) is 5.82 Å². The summed E-state index contributed by atoms with van der Waals surface area (Å²) >= 11 is 0. The van der Waals surface area contributed by atoms with Gasteiger partial charge in [-0.15, -0.1) is 0 Å². The summed E-state index contributed by atoms with van der Waals surface area (Å²) in [5, 5.41) is 8.79. The molecular formula is C22H24FN3O4. The Kier molecular flexibility index (Phi) is 6.02. The summed E-state index contributed by atoms with van der Waals surface area (Å²) in [5.74, 6) is 0.660. The van der Waals surface area contributed by atoms with E-state index in [4.69, 9.17) is 9.47 Å². The smallest absolute Gasteiger partial charge is 0.315 e. The number of halogens is 1. The average Bonchev–Trinajstić information content (AvgIpc) is 3.22. The summed E-state index contributed by atoms with van der Waals surface area (Å²) in [6, 6.07) is 10.4. The minimum atomic E-state index is -0.313. The van der Waals surface area contributed by atoms with Crippen molar-refractivity contribution in [1.29, 1.82) is 0 Å². The van der Waals surface area contributed by atoms with Gasteiger partial charge in [-0.25, -0.2) is 9.18 Å². The third-order valence-corrected chi connectivity index (χ3v) is 5.40. The fourth-order valence-electron chi connectivity index (χ4n) is 3.77. The van der Waals surface area contributed by atoms with Gasteiger partial charge in [0, 0.05) is 18.2 Å². The van der Waals surface area contributed by atoms with Crippen molar-refractivity contribution in [2.45, 2.75) is 44.3 Å². The molecule has 2 unspecified atom stereocenters. The van der Waals surface area contributed by atoms with Crippen molar-refractivity contribution in [2.75, 3.05) is 6.79 Å². The van der Waals surface area contributed by atoms with Gasteiger partial charge >= 0.3 is 6.03 Å². The summed E-state index contributed by atoms with van der Waals surface area (Å²) in [7, 11) is 0. The Morgan fingerprint density at radius 2 is 1.63 bits per heavy atom. The fraction of sp³-hybridized carbons (Fsp3) is 0.364. The standard InChI is InChI=1S/C22H24FN3O4/c23-16-8-5-14(6-9-16)12-24-22(28)26-18-4-2-1-3-17(18)25-21(27)15-7-10-19-20(11-15)30-13-29-19/h5-11,17-18H,1-4,12-13H2,(H,25,27)(H2,24,26,28). The zero-order valence-electron chi connectivity index (χ0n) is 16.4. The molecule has 0 spiro atoms. The molecule has 0 saturated heterocycles. The van der Waals surface area contributed by atoms with Crippen molar-refractivity contribution in [2.24, 2.45) is 0 Å². The molecule has 158 valence electrons. The summed E-state index contributed by atoms with van der Waals surface area (Å²) in [4.78, 5) is 25.1. The normalized spacial score (nSPS) is 19.8. The monoisotopic (exact) mass is 413 g/mol. The van der Waals surface area contributed by atoms with Crippen molar-refractivity contribution in [3.05, 3.63) is 59.4 Å². The van der Waals surface area contributed by atoms with Crippen LogP contribution in [0.2, 0.25) is 0 Å². The number of benzene rings is 2. The summed E-state index contributed by atoms with van der Waals surface area (Å²) < 4.78 is 23.6. The molecule has 2 aliphatic rings. The highest BCUT2D eigenvalue weighted by Crippen LogP contribution is 2.32. The molecule has 0 aromatic heterocycles. The molecule has 1 fully saturated rings. The van der Waals surface area contributed by atoms with Gasteiger partial charge in [0.2, 0.25) is 6.79 Å². The fourth-order valence-corrected chi connectivity index (χ4v) is 3.77. The molecule has 2 aromatic rings. The van der Waals surface area contributed by atoms with Crippen LogP contribution in [0.1, 0.15) is 41.6 Å². The number of ether oxygens (including phenoxy) is 2. The van der Waals surface area contributed by atoms with Crippen molar-refractivity contribution in [3.63, 3.8) is 0 Å². The van der Waals surface area contributed by atoms with E-state index in [1.54, 1.807) is 30.3 Å². The van der Waals surface area contributed by atoms with E-state index in [2.05, 4.69) is 16.0 Å². The first-order chi connectivity index (χ1) is 14.6. The van der Waals surface area contributed by atoms with Crippen LogP contribution in [0.3, 0.4) is 0 Å². The van der Waals surface area contributed by atoms with Crippen LogP contribution in [-0.4, -0.2) is 30.8 Å². The third kappa shape index (κ3) is 4.82. The second-order valence-electron chi connectivity index (χ2n) is 7.49. The number of nitrogens with one attached hydrogen (secondary N) is 3. The Balaban J connectivity index is 1.32. The molecule has 1 saturated carbocycles. The Hall–Kier alpha value is -3.29. The lowest BCUT2D eigenvalue weighted by molar-refractivity contribution is 0.0915. The molecule has 0 bridgehead atoms. The van der Waals surface area contributed by atoms with Crippen LogP contribution in [0, 0.1) is 5.82 Å². The Bertz CT molecular complexity index is 919. The maximum atomic E-state index is 13.0. The highest BCUT2D eigenvalue weighted by Gasteiger charge is 2.28. The van der Waals surface area contributed by atoms with Crippen molar-refractivity contribution in [1.82, 2.24) is 16.0 Å². The van der Waals surface area contributed by atoms with Gasteiger partial charge in [0.25, 0.3) is 5.91 Å². The second-order valence-corrected chi connectivity index (χ2v) is 7.49. The van der Waals surface area contributed by atoms with Gasteiger partial charge in [0.05, 0.1) is 6.04 Å². The number of carbonyl (C=O) groups excluding carboxylic acids is 2. The molecule has 1 heterocycles. The zero-order chi connectivity index (χ0) is 20.9. The van der Waals surface area contributed by atoms with E-state index in [-0.39, 0.29) is 36.6 Å². The zero-order valence-corrected chi connectivity index (χ0v) is 16.4. The maximum absolute atomic E-state index is 13.0. The molecule has 1 aliphatic carbocycles. The van der Waals surface area contributed by atoms with Gasteiger partial charge < -0.3 is 25.4 Å². The molecule has 2 atom stereocenters. The van der Waals surface area contributed by atoms with Crippen LogP contribution < -0.4 is 25.4 Å². The first-order valence-electron chi connectivity index (χ1n) is 10.1. The first kappa shape index (κ1) is 20.0. The SMILES string of the molecule is O=C(NCc1ccc(F)cc1)NC1CCCCC1NC(=O)c1ccc2c(c1)OCO2. The summed E-state index contributed by atoms with van der Waals surface area (Å²) in [5.41, 5.74) is 1.30. The van der Waals surface area contributed by atoms with E-state index < -0.39 is 0 Å². The summed E-state index contributed by atoms with van der Waals surface area (Å²) in [6.07, 6.45) is 3.55. The number of hydrogen-bond acceptors (Lipinski definition) is 4. The van der Waals surface area contributed by atoms with Crippen LogP contribution in [0.15, 0.2) is 42.5 Å². The van der Waals surface area contributed by atoms with Gasteiger partial charge in [-0.1, -0.05) is 25.0 Å². The average molecular weight is 413 g/mol. The largest absolute Gasteiger partial charge is 0.454 e. The van der Waals surface area contributed by atoms with Crippen LogP contribution in [0.4, 0.5) is 9.18 Å². The predicted molar refractivity (Wildman–Crippen MR) is 108 cm³/mol. The predicted octanol–water partition coefficient (Wildman–Crippen LogP) is 3.09. The molecule has 4 rings (SSSR count). The van der Waals surface area contributed by atoms with Gasteiger partial charge in [-0.2, -0.15) is 0 Å². The molecule has 0 radical (unpaired) electrons. The van der Waals surface area contributed by atoms with Crippen molar-refractivity contribution >= 4 is 11.9 Å². The van der Waals surface area contributed by atoms with E-state index in [1.807, 2.05) is 0 Å². The number of fused-ring (bicyclic) bond motifs is 1. The van der Waals surface area contributed by atoms with Crippen LogP contribution in [0.25, 0.3) is 0 Å². The molecule has 3 amide bonds. The molecule has 8 heteroatoms. The van der Waals surface area contributed by atoms with E-state index in [9.17, 15) is 14.0 Å². The number of urea groups is 1. The highest BCUT2D eigenvalue weighted by atomic mass is 19.1. The second kappa shape index (κ2) is 9.02. The highest BCUT2D eigenvalue weighted by molar-refractivity contribution is 5.95. The molecular weight excluding hydrogens is 389 g/mol. The lowest BCUT2D eigenvalue weighted by atomic mass is 9.90. The quantitative estimate of drug-likeness (QED) is 0.703. The van der Waals surface area contributed by atoms with Crippen LogP contribution in [0.5, 0.6) is 11.5 Å². The molecule has 3 N–H and O–H groups in total. The topological polar surface area (TPSA) is 88.7 Å². The van der Waals surface area contributed by atoms with E-state index >= 15 is 0 Å². The van der Waals surface area contributed by atoms with Crippen LogP contribution in [-0.2, 0) is 6.54 Å². The van der Waals surface area contributed by atoms with E-state index in [0.717, 1.165) is 31.2 Å². The Labute approximate surface area is 173 Å². The minimum Gasteiger partial charge on any atom is -0.454 e. The molecule has 2 aromatic carbocycles. The molecule has 30 heavy (non-hydrogen) atoms. The number of carbonyl (C=O) groups is 2. The number of rotatable bonds is 5. The number of hydrogen-bond donors (Lipinski definition) is 3. The van der Waals surface area contributed by atoms with Gasteiger partial charge in [-0.3, -0.25) is 4.79 Å². The summed E-state index contributed by atoms with van der Waals surface area (Å²) in [6.45, 7) is 0.453. The van der Waals surface area contributed by atoms with Gasteiger partial charge in [-0.05, 0) is 48.7 Å². The van der Waals surface area contributed by atoms with Crippen LogP contribution >= 0.6 is 0 Å². The van der Waals surface area contributed by atoms with E-state index in [0.29, 0.717) is 23.6 Å². The lowest BCUT2D eigenvalue weighted by Crippen LogP contribution is -2.55. The van der Waals surface area contributed by atoms with Crippen molar-refractivity contribution < 1.29 is 23.5 Å². The minimum absolute atomic E-state index is 0.155.